The highest BCUT2D eigenvalue weighted by atomic mass is 79.9. The van der Waals surface area contributed by atoms with Crippen LogP contribution in [0.15, 0.2) is 22.7 Å². The average Bonchev–Trinajstić information content (AvgIpc) is 2.75. The molecule has 0 spiro atoms. The van der Waals surface area contributed by atoms with Gasteiger partial charge in [-0.2, -0.15) is 0 Å². The summed E-state index contributed by atoms with van der Waals surface area (Å²) in [4.78, 5) is 2.31. The van der Waals surface area contributed by atoms with Gasteiger partial charge in [-0.1, -0.05) is 22.0 Å². The average molecular weight is 315 g/mol. The van der Waals surface area contributed by atoms with E-state index in [1.54, 1.807) is 14.2 Å². The van der Waals surface area contributed by atoms with Crippen molar-refractivity contribution in [3.63, 3.8) is 0 Å². The van der Waals surface area contributed by atoms with Crippen LogP contribution < -0.4 is 5.73 Å². The summed E-state index contributed by atoms with van der Waals surface area (Å²) >= 11 is 3.42. The molecule has 1 aromatic carbocycles. The Morgan fingerprint density at radius 2 is 1.89 bits per heavy atom. The minimum Gasteiger partial charge on any atom is -0.398 e. The number of benzene rings is 1. The number of hydrogen-bond donors (Lipinski definition) is 1. The highest BCUT2D eigenvalue weighted by Gasteiger charge is 2.32. The third-order valence-corrected chi connectivity index (χ3v) is 3.89. The van der Waals surface area contributed by atoms with Gasteiger partial charge in [0.2, 0.25) is 0 Å². The zero-order valence-corrected chi connectivity index (χ0v) is 12.3. The van der Waals surface area contributed by atoms with Crippen molar-refractivity contribution in [2.75, 3.05) is 33.0 Å². The van der Waals surface area contributed by atoms with E-state index in [9.17, 15) is 0 Å². The van der Waals surface area contributed by atoms with Crippen LogP contribution in [0.5, 0.6) is 0 Å². The first kappa shape index (κ1) is 13.8. The first-order valence-corrected chi connectivity index (χ1v) is 6.75. The SMILES string of the molecule is COC1CN(Cc2ccc(Br)cc2N)CC1OC. The van der Waals surface area contributed by atoms with E-state index in [4.69, 9.17) is 15.2 Å². The second kappa shape index (κ2) is 6.02. The van der Waals surface area contributed by atoms with E-state index < -0.39 is 0 Å². The highest BCUT2D eigenvalue weighted by Crippen LogP contribution is 2.23. The van der Waals surface area contributed by atoms with Crippen molar-refractivity contribution in [2.45, 2.75) is 18.8 Å². The van der Waals surface area contributed by atoms with Crippen molar-refractivity contribution in [3.05, 3.63) is 28.2 Å². The molecule has 1 aliphatic heterocycles. The van der Waals surface area contributed by atoms with Gasteiger partial charge < -0.3 is 15.2 Å². The van der Waals surface area contributed by atoms with Crippen LogP contribution in [0, 0.1) is 0 Å². The standard InChI is InChI=1S/C13H19BrN2O2/c1-17-12-7-16(8-13(12)18-2)6-9-3-4-10(14)5-11(9)15/h3-5,12-13H,6-8,15H2,1-2H3. The molecule has 1 aliphatic rings. The maximum atomic E-state index is 6.01. The summed E-state index contributed by atoms with van der Waals surface area (Å²) in [5, 5.41) is 0. The van der Waals surface area contributed by atoms with Gasteiger partial charge in [-0.15, -0.1) is 0 Å². The minimum absolute atomic E-state index is 0.145. The molecule has 4 nitrogen and oxygen atoms in total. The van der Waals surface area contributed by atoms with Crippen LogP contribution in [0.25, 0.3) is 0 Å². The number of hydrogen-bond acceptors (Lipinski definition) is 4. The van der Waals surface area contributed by atoms with E-state index in [1.165, 1.54) is 0 Å². The Kier molecular flexibility index (Phi) is 4.61. The topological polar surface area (TPSA) is 47.7 Å². The van der Waals surface area contributed by atoms with Crippen LogP contribution in [-0.4, -0.2) is 44.4 Å². The number of nitrogens with zero attached hydrogens (tertiary/aromatic N) is 1. The molecule has 1 fully saturated rings. The molecular formula is C13H19BrN2O2. The lowest BCUT2D eigenvalue weighted by Gasteiger charge is -2.16. The van der Waals surface area contributed by atoms with Crippen LogP contribution in [0.4, 0.5) is 5.69 Å². The molecule has 0 saturated carbocycles. The van der Waals surface area contributed by atoms with E-state index in [0.29, 0.717) is 0 Å². The molecule has 18 heavy (non-hydrogen) atoms. The maximum absolute atomic E-state index is 6.01. The zero-order chi connectivity index (χ0) is 13.1. The fourth-order valence-corrected chi connectivity index (χ4v) is 2.73. The van der Waals surface area contributed by atoms with Gasteiger partial charge in [0.15, 0.2) is 0 Å². The van der Waals surface area contributed by atoms with Crippen molar-refractivity contribution < 1.29 is 9.47 Å². The Labute approximate surface area is 116 Å². The Bertz CT molecular complexity index is 402. The minimum atomic E-state index is 0.145. The quantitative estimate of drug-likeness (QED) is 0.862. The number of anilines is 1. The third-order valence-electron chi connectivity index (χ3n) is 3.40. The van der Waals surface area contributed by atoms with Gasteiger partial charge in [-0.05, 0) is 17.7 Å². The van der Waals surface area contributed by atoms with E-state index in [0.717, 1.165) is 35.4 Å². The molecule has 2 N–H and O–H groups in total. The molecule has 0 amide bonds. The van der Waals surface area contributed by atoms with Gasteiger partial charge in [-0.3, -0.25) is 4.90 Å². The van der Waals surface area contributed by atoms with Crippen molar-refractivity contribution in [2.24, 2.45) is 0 Å². The Hall–Kier alpha value is -0.620. The third kappa shape index (κ3) is 3.03. The second-order valence-corrected chi connectivity index (χ2v) is 5.50. The molecule has 2 atom stereocenters. The first-order chi connectivity index (χ1) is 8.63. The Morgan fingerprint density at radius 1 is 1.28 bits per heavy atom. The number of nitrogens with two attached hydrogens (primary N) is 1. The van der Waals surface area contributed by atoms with Crippen molar-refractivity contribution in [1.29, 1.82) is 0 Å². The van der Waals surface area contributed by atoms with E-state index >= 15 is 0 Å². The maximum Gasteiger partial charge on any atom is 0.0971 e. The highest BCUT2D eigenvalue weighted by molar-refractivity contribution is 9.10. The molecule has 1 saturated heterocycles. The fraction of sp³-hybridized carbons (Fsp3) is 0.538. The molecule has 0 bridgehead atoms. The predicted molar refractivity (Wildman–Crippen MR) is 75.4 cm³/mol. The molecule has 2 rings (SSSR count). The summed E-state index contributed by atoms with van der Waals surface area (Å²) in [6.45, 7) is 2.59. The van der Waals surface area contributed by atoms with E-state index in [1.807, 2.05) is 12.1 Å². The Morgan fingerprint density at radius 3 is 2.39 bits per heavy atom. The van der Waals surface area contributed by atoms with E-state index in [2.05, 4.69) is 26.9 Å². The van der Waals surface area contributed by atoms with Crippen LogP contribution in [0.1, 0.15) is 5.56 Å². The summed E-state index contributed by atoms with van der Waals surface area (Å²) in [5.41, 5.74) is 7.98. The van der Waals surface area contributed by atoms with Gasteiger partial charge in [-0.25, -0.2) is 0 Å². The fourth-order valence-electron chi connectivity index (χ4n) is 2.35. The number of ether oxygens (including phenoxy) is 2. The monoisotopic (exact) mass is 314 g/mol. The molecule has 2 unspecified atom stereocenters. The summed E-state index contributed by atoms with van der Waals surface area (Å²) in [5.74, 6) is 0. The lowest BCUT2D eigenvalue weighted by molar-refractivity contribution is -0.00461. The number of nitrogen functional groups attached to an aromatic ring is 1. The van der Waals surface area contributed by atoms with Gasteiger partial charge in [0.25, 0.3) is 0 Å². The zero-order valence-electron chi connectivity index (χ0n) is 10.7. The van der Waals surface area contributed by atoms with Crippen molar-refractivity contribution in [1.82, 2.24) is 4.90 Å². The summed E-state index contributed by atoms with van der Waals surface area (Å²) in [6.07, 6.45) is 0.290. The molecule has 0 aromatic heterocycles. The molecule has 1 aromatic rings. The Balaban J connectivity index is 2.02. The smallest absolute Gasteiger partial charge is 0.0971 e. The van der Waals surface area contributed by atoms with Crippen LogP contribution in [-0.2, 0) is 16.0 Å². The predicted octanol–water partition coefficient (Wildman–Crippen LogP) is 1.88. The van der Waals surface area contributed by atoms with E-state index in [-0.39, 0.29) is 12.2 Å². The number of halogens is 1. The number of rotatable bonds is 4. The lowest BCUT2D eigenvalue weighted by atomic mass is 10.2. The van der Waals surface area contributed by atoms with Crippen LogP contribution in [0.3, 0.4) is 0 Å². The van der Waals surface area contributed by atoms with Crippen molar-refractivity contribution in [3.8, 4) is 0 Å². The summed E-state index contributed by atoms with van der Waals surface area (Å²) in [6, 6.07) is 6.01. The van der Waals surface area contributed by atoms with Gasteiger partial charge in [0.1, 0.15) is 0 Å². The van der Waals surface area contributed by atoms with Gasteiger partial charge in [0.05, 0.1) is 12.2 Å². The molecule has 0 radical (unpaired) electrons. The molecule has 5 heteroatoms. The normalized spacial score (nSPS) is 24.6. The molecular weight excluding hydrogens is 296 g/mol. The largest absolute Gasteiger partial charge is 0.398 e. The molecule has 100 valence electrons. The second-order valence-electron chi connectivity index (χ2n) is 4.59. The molecule has 0 aliphatic carbocycles. The van der Waals surface area contributed by atoms with Crippen LogP contribution in [0.2, 0.25) is 0 Å². The van der Waals surface area contributed by atoms with Gasteiger partial charge >= 0.3 is 0 Å². The summed E-state index contributed by atoms with van der Waals surface area (Å²) in [7, 11) is 3.46. The first-order valence-electron chi connectivity index (χ1n) is 5.96. The molecule has 1 heterocycles. The lowest BCUT2D eigenvalue weighted by Crippen LogP contribution is -2.27. The van der Waals surface area contributed by atoms with Crippen LogP contribution >= 0.6 is 15.9 Å². The summed E-state index contributed by atoms with van der Waals surface area (Å²) < 4.78 is 11.9. The van der Waals surface area contributed by atoms with Crippen molar-refractivity contribution >= 4 is 21.6 Å². The number of methoxy groups -OCH3 is 2. The van der Waals surface area contributed by atoms with Gasteiger partial charge in [0, 0.05) is 44.0 Å². The number of likely N-dealkylation sites (tertiary alicyclic amines) is 1.